The highest BCUT2D eigenvalue weighted by molar-refractivity contribution is 5.98. The normalized spacial score (nSPS) is 11.2. The number of aromatic carboxylic acids is 1. The molecular formula is C26H25FN2O2. The molecule has 0 saturated carbocycles. The Labute approximate surface area is 181 Å². The zero-order valence-corrected chi connectivity index (χ0v) is 17.4. The smallest absolute Gasteiger partial charge is 0.352 e. The van der Waals surface area contributed by atoms with Crippen LogP contribution < -0.4 is 5.32 Å². The van der Waals surface area contributed by atoms with Crippen molar-refractivity contribution < 1.29 is 14.3 Å². The van der Waals surface area contributed by atoms with Crippen LogP contribution in [0, 0.1) is 5.82 Å². The van der Waals surface area contributed by atoms with Gasteiger partial charge in [-0.15, -0.1) is 0 Å². The zero-order chi connectivity index (χ0) is 21.8. The summed E-state index contributed by atoms with van der Waals surface area (Å²) in [5.74, 6) is -1.36. The van der Waals surface area contributed by atoms with Crippen molar-refractivity contribution >= 4 is 16.9 Å². The van der Waals surface area contributed by atoms with Crippen molar-refractivity contribution in [2.75, 3.05) is 0 Å². The number of aryl methyl sites for hydroxylation is 1. The van der Waals surface area contributed by atoms with Crippen molar-refractivity contribution in [3.05, 3.63) is 107 Å². The van der Waals surface area contributed by atoms with Gasteiger partial charge in [-0.1, -0.05) is 67.6 Å². The lowest BCUT2D eigenvalue weighted by Gasteiger charge is -2.11. The number of carbonyl (C=O) groups is 1. The maximum absolute atomic E-state index is 14.3. The molecule has 0 amide bonds. The van der Waals surface area contributed by atoms with Crippen LogP contribution in [0.2, 0.25) is 0 Å². The molecule has 158 valence electrons. The molecule has 31 heavy (non-hydrogen) atoms. The van der Waals surface area contributed by atoms with Gasteiger partial charge in [0.2, 0.25) is 0 Å². The average Bonchev–Trinajstić information content (AvgIpc) is 3.09. The molecule has 0 saturated heterocycles. The molecule has 4 nitrogen and oxygen atoms in total. The Balaban J connectivity index is 1.66. The standard InChI is InChI=1S/C26H25FN2O2/c1-2-18-11-13-19(14-12-18)15-28-16-22-21-8-4-6-10-24(21)29(25(22)26(30)31)17-20-7-3-5-9-23(20)27/h3-14,28H,2,15-17H2,1H3,(H,30,31). The minimum absolute atomic E-state index is 0.160. The number of aromatic nitrogens is 1. The SMILES string of the molecule is CCc1ccc(CNCc2c(C(=O)O)n(Cc3ccccc3F)c3ccccc23)cc1. The fourth-order valence-electron chi connectivity index (χ4n) is 3.98. The third-order valence-electron chi connectivity index (χ3n) is 5.63. The summed E-state index contributed by atoms with van der Waals surface area (Å²) in [6.07, 6.45) is 0.997. The van der Waals surface area contributed by atoms with E-state index in [-0.39, 0.29) is 18.1 Å². The second kappa shape index (κ2) is 9.14. The summed E-state index contributed by atoms with van der Waals surface area (Å²) in [7, 11) is 0. The Kier molecular flexibility index (Phi) is 6.14. The van der Waals surface area contributed by atoms with Crippen molar-refractivity contribution in [2.45, 2.75) is 33.0 Å². The van der Waals surface area contributed by atoms with Gasteiger partial charge >= 0.3 is 5.97 Å². The van der Waals surface area contributed by atoms with Gasteiger partial charge in [0.1, 0.15) is 11.5 Å². The second-order valence-electron chi connectivity index (χ2n) is 7.60. The topological polar surface area (TPSA) is 54.3 Å². The maximum Gasteiger partial charge on any atom is 0.352 e. The number of benzene rings is 3. The lowest BCUT2D eigenvalue weighted by atomic mass is 10.1. The third kappa shape index (κ3) is 4.37. The summed E-state index contributed by atoms with van der Waals surface area (Å²) in [4.78, 5) is 12.2. The van der Waals surface area contributed by atoms with Gasteiger partial charge in [-0.05, 0) is 29.7 Å². The van der Waals surface area contributed by atoms with Crippen LogP contribution in [0.3, 0.4) is 0 Å². The minimum atomic E-state index is -1.02. The van der Waals surface area contributed by atoms with E-state index in [0.717, 1.165) is 22.9 Å². The number of halogens is 1. The van der Waals surface area contributed by atoms with Crippen LogP contribution in [-0.2, 0) is 26.1 Å². The molecule has 0 spiro atoms. The highest BCUT2D eigenvalue weighted by Gasteiger charge is 2.22. The summed E-state index contributed by atoms with van der Waals surface area (Å²) in [6.45, 7) is 3.32. The molecule has 0 fully saturated rings. The number of nitrogens with one attached hydrogen (secondary N) is 1. The first kappa shape index (κ1) is 20.8. The number of hydrogen-bond donors (Lipinski definition) is 2. The van der Waals surface area contributed by atoms with Gasteiger partial charge in [-0.2, -0.15) is 0 Å². The zero-order valence-electron chi connectivity index (χ0n) is 17.4. The number of rotatable bonds is 8. The van der Waals surface area contributed by atoms with Gasteiger partial charge < -0.3 is 15.0 Å². The third-order valence-corrected chi connectivity index (χ3v) is 5.63. The van der Waals surface area contributed by atoms with Crippen LogP contribution in [-0.4, -0.2) is 15.6 Å². The quantitative estimate of drug-likeness (QED) is 0.406. The maximum atomic E-state index is 14.3. The Morgan fingerprint density at radius 3 is 2.32 bits per heavy atom. The highest BCUT2D eigenvalue weighted by Crippen LogP contribution is 2.28. The monoisotopic (exact) mass is 416 g/mol. The van der Waals surface area contributed by atoms with Gasteiger partial charge in [0.05, 0.1) is 6.54 Å². The Hall–Kier alpha value is -3.44. The van der Waals surface area contributed by atoms with Crippen LogP contribution in [0.15, 0.2) is 72.8 Å². The van der Waals surface area contributed by atoms with E-state index < -0.39 is 5.97 Å². The molecule has 0 bridgehead atoms. The lowest BCUT2D eigenvalue weighted by molar-refractivity contribution is 0.0684. The average molecular weight is 416 g/mol. The van der Waals surface area contributed by atoms with Crippen LogP contribution in [0.5, 0.6) is 0 Å². The Bertz CT molecular complexity index is 1210. The summed E-state index contributed by atoms with van der Waals surface area (Å²) in [5, 5.41) is 14.3. The van der Waals surface area contributed by atoms with Crippen molar-refractivity contribution in [1.29, 1.82) is 0 Å². The fourth-order valence-corrected chi connectivity index (χ4v) is 3.98. The molecule has 0 aliphatic rings. The first-order chi connectivity index (χ1) is 15.1. The Morgan fingerprint density at radius 2 is 1.61 bits per heavy atom. The molecule has 1 aromatic heterocycles. The van der Waals surface area contributed by atoms with E-state index in [9.17, 15) is 14.3 Å². The first-order valence-corrected chi connectivity index (χ1v) is 10.4. The van der Waals surface area contributed by atoms with Gasteiger partial charge in [0.25, 0.3) is 0 Å². The van der Waals surface area contributed by atoms with Gasteiger partial charge in [0.15, 0.2) is 0 Å². The van der Waals surface area contributed by atoms with E-state index in [4.69, 9.17) is 0 Å². The number of carboxylic acid groups (broad SMARTS) is 1. The van der Waals surface area contributed by atoms with Crippen LogP contribution in [0.25, 0.3) is 10.9 Å². The summed E-state index contributed by atoms with van der Waals surface area (Å²) in [6, 6.07) is 22.5. The van der Waals surface area contributed by atoms with Gasteiger partial charge in [-0.3, -0.25) is 0 Å². The number of fused-ring (bicyclic) bond motifs is 1. The predicted octanol–water partition coefficient (Wildman–Crippen LogP) is 5.38. The largest absolute Gasteiger partial charge is 0.477 e. The molecule has 0 radical (unpaired) electrons. The molecule has 0 unspecified atom stereocenters. The van der Waals surface area contributed by atoms with E-state index in [1.807, 2.05) is 24.3 Å². The van der Waals surface area contributed by atoms with Gasteiger partial charge in [0, 0.05) is 35.1 Å². The number of para-hydroxylation sites is 1. The number of nitrogens with zero attached hydrogens (tertiary/aromatic N) is 1. The molecule has 2 N–H and O–H groups in total. The van der Waals surface area contributed by atoms with Crippen molar-refractivity contribution in [2.24, 2.45) is 0 Å². The van der Waals surface area contributed by atoms with E-state index in [2.05, 4.69) is 36.5 Å². The first-order valence-electron chi connectivity index (χ1n) is 10.4. The predicted molar refractivity (Wildman–Crippen MR) is 121 cm³/mol. The number of carboxylic acids is 1. The van der Waals surface area contributed by atoms with Crippen molar-refractivity contribution in [3.8, 4) is 0 Å². The molecular weight excluding hydrogens is 391 g/mol. The van der Waals surface area contributed by atoms with E-state index in [1.165, 1.54) is 11.6 Å². The second-order valence-corrected chi connectivity index (χ2v) is 7.60. The summed E-state index contributed by atoms with van der Waals surface area (Å²) >= 11 is 0. The summed E-state index contributed by atoms with van der Waals surface area (Å²) < 4.78 is 16.0. The minimum Gasteiger partial charge on any atom is -0.477 e. The molecule has 1 heterocycles. The van der Waals surface area contributed by atoms with Crippen LogP contribution in [0.4, 0.5) is 4.39 Å². The summed E-state index contributed by atoms with van der Waals surface area (Å²) in [5.41, 5.74) is 4.58. The van der Waals surface area contributed by atoms with E-state index in [1.54, 1.807) is 22.8 Å². The lowest BCUT2D eigenvalue weighted by Crippen LogP contribution is -2.17. The molecule has 4 aromatic rings. The number of hydrogen-bond acceptors (Lipinski definition) is 2. The molecule has 5 heteroatoms. The molecule has 4 rings (SSSR count). The fraction of sp³-hybridized carbons (Fsp3) is 0.192. The van der Waals surface area contributed by atoms with Crippen molar-refractivity contribution in [3.63, 3.8) is 0 Å². The van der Waals surface area contributed by atoms with Gasteiger partial charge in [-0.25, -0.2) is 9.18 Å². The molecule has 0 atom stereocenters. The Morgan fingerprint density at radius 1 is 0.935 bits per heavy atom. The van der Waals surface area contributed by atoms with E-state index >= 15 is 0 Å². The highest BCUT2D eigenvalue weighted by atomic mass is 19.1. The van der Waals surface area contributed by atoms with Crippen molar-refractivity contribution in [1.82, 2.24) is 9.88 Å². The van der Waals surface area contributed by atoms with Crippen LogP contribution >= 0.6 is 0 Å². The molecule has 0 aliphatic carbocycles. The molecule has 3 aromatic carbocycles. The molecule has 0 aliphatic heterocycles. The van der Waals surface area contributed by atoms with E-state index in [0.29, 0.717) is 24.2 Å². The van der Waals surface area contributed by atoms with Crippen LogP contribution in [0.1, 0.15) is 39.7 Å².